The molecule has 122 valence electrons. The molecule has 0 aromatic heterocycles. The van der Waals surface area contributed by atoms with E-state index in [1.807, 2.05) is 19.1 Å². The molecule has 0 amide bonds. The van der Waals surface area contributed by atoms with Gasteiger partial charge < -0.3 is 9.47 Å². The number of nitrogens with one attached hydrogen (secondary N) is 1. The van der Waals surface area contributed by atoms with Crippen molar-refractivity contribution in [3.05, 3.63) is 52.0 Å². The fourth-order valence-corrected chi connectivity index (χ4v) is 4.11. The van der Waals surface area contributed by atoms with Gasteiger partial charge in [-0.15, -0.1) is 0 Å². The first kappa shape index (κ1) is 16.3. The summed E-state index contributed by atoms with van der Waals surface area (Å²) in [5, 5.41) is 0. The SMILES string of the molecule is CCc1cc(Br)ccc1S(=O)(=O)NCc1ccc2c(c1)OCO2. The molecule has 1 aliphatic rings. The van der Waals surface area contributed by atoms with Crippen LogP contribution in [0.3, 0.4) is 0 Å². The minimum Gasteiger partial charge on any atom is -0.454 e. The van der Waals surface area contributed by atoms with Crippen molar-refractivity contribution >= 4 is 26.0 Å². The molecule has 3 rings (SSSR count). The summed E-state index contributed by atoms with van der Waals surface area (Å²) in [5.74, 6) is 1.32. The minimum atomic E-state index is -3.57. The van der Waals surface area contributed by atoms with Gasteiger partial charge in [-0.2, -0.15) is 0 Å². The van der Waals surface area contributed by atoms with Crippen molar-refractivity contribution < 1.29 is 17.9 Å². The number of hydrogen-bond donors (Lipinski definition) is 1. The highest BCUT2D eigenvalue weighted by atomic mass is 79.9. The van der Waals surface area contributed by atoms with Gasteiger partial charge in [0.25, 0.3) is 0 Å². The molecular weight excluding hydrogens is 382 g/mol. The summed E-state index contributed by atoms with van der Waals surface area (Å²) >= 11 is 3.37. The van der Waals surface area contributed by atoms with Gasteiger partial charge in [0.05, 0.1) is 4.90 Å². The lowest BCUT2D eigenvalue weighted by Gasteiger charge is -2.11. The summed E-state index contributed by atoms with van der Waals surface area (Å²) in [6.45, 7) is 2.32. The Kier molecular flexibility index (Phi) is 4.61. The molecule has 2 aromatic carbocycles. The van der Waals surface area contributed by atoms with Crippen LogP contribution in [0.2, 0.25) is 0 Å². The monoisotopic (exact) mass is 397 g/mol. The molecule has 0 bridgehead atoms. The number of halogens is 1. The van der Waals surface area contributed by atoms with Crippen LogP contribution in [0.4, 0.5) is 0 Å². The van der Waals surface area contributed by atoms with Crippen LogP contribution in [0.5, 0.6) is 11.5 Å². The van der Waals surface area contributed by atoms with Crippen LogP contribution in [0, 0.1) is 0 Å². The zero-order valence-electron chi connectivity index (χ0n) is 12.5. The second kappa shape index (κ2) is 6.51. The first-order valence-corrected chi connectivity index (χ1v) is 9.44. The van der Waals surface area contributed by atoms with Crippen LogP contribution < -0.4 is 14.2 Å². The van der Waals surface area contributed by atoms with Crippen LogP contribution in [0.15, 0.2) is 45.8 Å². The van der Waals surface area contributed by atoms with Gasteiger partial charge in [-0.05, 0) is 47.9 Å². The van der Waals surface area contributed by atoms with E-state index in [4.69, 9.17) is 9.47 Å². The molecule has 7 heteroatoms. The van der Waals surface area contributed by atoms with E-state index in [0.29, 0.717) is 22.8 Å². The van der Waals surface area contributed by atoms with Gasteiger partial charge in [-0.1, -0.05) is 28.9 Å². The Bertz CT molecular complexity index is 836. The van der Waals surface area contributed by atoms with E-state index >= 15 is 0 Å². The van der Waals surface area contributed by atoms with E-state index in [0.717, 1.165) is 15.6 Å². The maximum atomic E-state index is 12.5. The molecule has 5 nitrogen and oxygen atoms in total. The molecule has 0 fully saturated rings. The van der Waals surface area contributed by atoms with Crippen LogP contribution in [-0.2, 0) is 23.0 Å². The Labute approximate surface area is 143 Å². The zero-order valence-corrected chi connectivity index (χ0v) is 14.9. The van der Waals surface area contributed by atoms with Gasteiger partial charge in [0, 0.05) is 11.0 Å². The summed E-state index contributed by atoms with van der Waals surface area (Å²) in [6, 6.07) is 10.6. The van der Waals surface area contributed by atoms with Crippen LogP contribution >= 0.6 is 15.9 Å². The van der Waals surface area contributed by atoms with Crippen molar-refractivity contribution in [3.8, 4) is 11.5 Å². The smallest absolute Gasteiger partial charge is 0.241 e. The average molecular weight is 398 g/mol. The maximum Gasteiger partial charge on any atom is 0.241 e. The Morgan fingerprint density at radius 1 is 1.13 bits per heavy atom. The molecule has 1 heterocycles. The van der Waals surface area contributed by atoms with Crippen LogP contribution in [0.1, 0.15) is 18.1 Å². The number of fused-ring (bicyclic) bond motifs is 1. The predicted octanol–water partition coefficient (Wildman–Crippen LogP) is 3.22. The lowest BCUT2D eigenvalue weighted by molar-refractivity contribution is 0.174. The highest BCUT2D eigenvalue weighted by molar-refractivity contribution is 9.10. The minimum absolute atomic E-state index is 0.193. The molecule has 1 N–H and O–H groups in total. The first-order valence-electron chi connectivity index (χ1n) is 7.16. The van der Waals surface area contributed by atoms with Crippen molar-refractivity contribution in [1.82, 2.24) is 4.72 Å². The normalized spacial score (nSPS) is 13.3. The molecule has 0 saturated heterocycles. The van der Waals surface area contributed by atoms with Gasteiger partial charge >= 0.3 is 0 Å². The van der Waals surface area contributed by atoms with E-state index in [9.17, 15) is 8.42 Å². The summed E-state index contributed by atoms with van der Waals surface area (Å²) < 4.78 is 39.1. The lowest BCUT2D eigenvalue weighted by atomic mass is 10.2. The second-order valence-corrected chi connectivity index (χ2v) is 7.77. The molecule has 2 aromatic rings. The quantitative estimate of drug-likeness (QED) is 0.840. The summed E-state index contributed by atoms with van der Waals surface area (Å²) in [5.41, 5.74) is 1.59. The van der Waals surface area contributed by atoms with E-state index < -0.39 is 10.0 Å². The van der Waals surface area contributed by atoms with Crippen molar-refractivity contribution in [1.29, 1.82) is 0 Å². The summed E-state index contributed by atoms with van der Waals surface area (Å²) in [7, 11) is -3.57. The zero-order chi connectivity index (χ0) is 16.4. The average Bonchev–Trinajstić information content (AvgIpc) is 3.00. The number of sulfonamides is 1. The highest BCUT2D eigenvalue weighted by Crippen LogP contribution is 2.32. The fourth-order valence-electron chi connectivity index (χ4n) is 2.39. The van der Waals surface area contributed by atoms with Gasteiger partial charge in [0.1, 0.15) is 0 Å². The molecule has 0 unspecified atom stereocenters. The van der Waals surface area contributed by atoms with Crippen molar-refractivity contribution in [2.24, 2.45) is 0 Å². The lowest BCUT2D eigenvalue weighted by Crippen LogP contribution is -2.24. The number of hydrogen-bond acceptors (Lipinski definition) is 4. The van der Waals surface area contributed by atoms with Crippen LogP contribution in [-0.4, -0.2) is 15.2 Å². The third kappa shape index (κ3) is 3.52. The van der Waals surface area contributed by atoms with Crippen molar-refractivity contribution in [2.75, 3.05) is 6.79 Å². The Balaban J connectivity index is 1.79. The molecule has 0 spiro atoms. The molecule has 0 aliphatic carbocycles. The highest BCUT2D eigenvalue weighted by Gasteiger charge is 2.19. The van der Waals surface area contributed by atoms with Gasteiger partial charge in [0.15, 0.2) is 11.5 Å². The van der Waals surface area contributed by atoms with E-state index in [1.54, 1.807) is 24.3 Å². The fraction of sp³-hybridized carbons (Fsp3) is 0.250. The maximum absolute atomic E-state index is 12.5. The number of aryl methyl sites for hydroxylation is 1. The van der Waals surface area contributed by atoms with Crippen LogP contribution in [0.25, 0.3) is 0 Å². The standard InChI is InChI=1S/C16H16BrNO4S/c1-2-12-8-13(17)4-6-16(12)23(19,20)18-9-11-3-5-14-15(7-11)22-10-21-14/h3-8,18H,2,9-10H2,1H3. The largest absolute Gasteiger partial charge is 0.454 e. The summed E-state index contributed by atoms with van der Waals surface area (Å²) in [4.78, 5) is 0.309. The third-order valence-electron chi connectivity index (χ3n) is 3.60. The number of ether oxygens (including phenoxy) is 2. The van der Waals surface area contributed by atoms with E-state index in [2.05, 4.69) is 20.7 Å². The molecule has 23 heavy (non-hydrogen) atoms. The van der Waals surface area contributed by atoms with Crippen molar-refractivity contribution in [3.63, 3.8) is 0 Å². The predicted molar refractivity (Wildman–Crippen MR) is 90.1 cm³/mol. The topological polar surface area (TPSA) is 64.6 Å². The first-order chi connectivity index (χ1) is 11.0. The number of rotatable bonds is 5. The summed E-state index contributed by atoms with van der Waals surface area (Å²) in [6.07, 6.45) is 0.639. The van der Waals surface area contributed by atoms with E-state index in [-0.39, 0.29) is 13.3 Å². The molecule has 0 atom stereocenters. The molecule has 0 radical (unpaired) electrons. The number of benzene rings is 2. The Morgan fingerprint density at radius 3 is 2.70 bits per heavy atom. The third-order valence-corrected chi connectivity index (χ3v) is 5.59. The molecular formula is C16H16BrNO4S. The van der Waals surface area contributed by atoms with Gasteiger partial charge in [-0.25, -0.2) is 13.1 Å². The van der Waals surface area contributed by atoms with E-state index in [1.165, 1.54) is 0 Å². The Morgan fingerprint density at radius 2 is 1.91 bits per heavy atom. The second-order valence-electron chi connectivity index (χ2n) is 5.12. The molecule has 1 aliphatic heterocycles. The van der Waals surface area contributed by atoms with Gasteiger partial charge in [-0.3, -0.25) is 0 Å². The Hall–Kier alpha value is -1.57. The van der Waals surface area contributed by atoms with Gasteiger partial charge in [0.2, 0.25) is 16.8 Å². The molecule has 0 saturated carbocycles. The van der Waals surface area contributed by atoms with Crippen molar-refractivity contribution in [2.45, 2.75) is 24.8 Å².